The first kappa shape index (κ1) is 27.9. The Bertz CT molecular complexity index is 1390. The average molecular weight is 553 g/mol. The Morgan fingerprint density at radius 1 is 1.00 bits per heavy atom. The minimum Gasteiger partial charge on any atom is -0.469 e. The zero-order valence-corrected chi connectivity index (χ0v) is 25.2. The molecule has 0 radical (unpaired) electrons. The summed E-state index contributed by atoms with van der Waals surface area (Å²) in [5, 5.41) is 0. The number of carbonyl (C=O) groups excluding carboxylic acids is 2. The van der Waals surface area contributed by atoms with Gasteiger partial charge in [0.05, 0.1) is 25.5 Å². The second-order valence-electron chi connectivity index (χ2n) is 13.3. The van der Waals surface area contributed by atoms with Crippen molar-refractivity contribution in [1.29, 1.82) is 0 Å². The zero-order chi connectivity index (χ0) is 28.7. The van der Waals surface area contributed by atoms with Gasteiger partial charge in [0.2, 0.25) is 5.91 Å². The predicted octanol–water partition coefficient (Wildman–Crippen LogP) is 7.33. The molecule has 4 aliphatic rings. The number of nitrogens with zero attached hydrogens (tertiary/aromatic N) is 2. The van der Waals surface area contributed by atoms with Gasteiger partial charge in [-0.05, 0) is 95.7 Å². The maximum atomic E-state index is 13.6. The highest BCUT2D eigenvalue weighted by molar-refractivity contribution is 6.03. The maximum absolute atomic E-state index is 13.6. The van der Waals surface area contributed by atoms with Crippen LogP contribution in [0.25, 0.3) is 16.7 Å². The summed E-state index contributed by atoms with van der Waals surface area (Å²) in [6.07, 6.45) is 12.8. The van der Waals surface area contributed by atoms with Gasteiger partial charge in [0.25, 0.3) is 0 Å². The Hall–Kier alpha value is -3.21. The fourth-order valence-corrected chi connectivity index (χ4v) is 7.97. The number of aryl methyl sites for hydroxylation is 1. The quantitative estimate of drug-likeness (QED) is 0.338. The summed E-state index contributed by atoms with van der Waals surface area (Å²) < 4.78 is 4.88. The molecular formula is C36H44N2O3. The molecule has 1 amide bonds. The molecule has 0 N–H and O–H groups in total. The smallest absolute Gasteiger partial charge is 0.306 e. The number of rotatable bonds is 7. The van der Waals surface area contributed by atoms with Gasteiger partial charge in [0.1, 0.15) is 0 Å². The average Bonchev–Trinajstić information content (AvgIpc) is 3.78. The zero-order valence-electron chi connectivity index (χ0n) is 25.2. The maximum Gasteiger partial charge on any atom is 0.306 e. The van der Waals surface area contributed by atoms with E-state index in [0.29, 0.717) is 5.41 Å². The third kappa shape index (κ3) is 5.29. The molecule has 41 heavy (non-hydrogen) atoms. The number of fused-ring (bicyclic) bond motifs is 1. The number of hydrogen-bond donors (Lipinski definition) is 0. The van der Waals surface area contributed by atoms with Crippen molar-refractivity contribution in [1.82, 2.24) is 4.90 Å². The molecule has 2 heterocycles. The Morgan fingerprint density at radius 2 is 1.71 bits per heavy atom. The molecular weight excluding hydrogens is 508 g/mol. The summed E-state index contributed by atoms with van der Waals surface area (Å²) in [7, 11) is 1.38. The molecule has 2 atom stereocenters. The molecule has 1 saturated carbocycles. The first-order valence-electron chi connectivity index (χ1n) is 15.6. The summed E-state index contributed by atoms with van der Waals surface area (Å²) in [5.74, 6) is -0.568. The number of benzene rings is 2. The van der Waals surface area contributed by atoms with E-state index >= 15 is 0 Å². The van der Waals surface area contributed by atoms with Crippen molar-refractivity contribution in [2.45, 2.75) is 91.0 Å². The first-order valence-corrected chi connectivity index (χ1v) is 15.6. The molecule has 1 saturated heterocycles. The highest BCUT2D eigenvalue weighted by Crippen LogP contribution is 2.51. The van der Waals surface area contributed by atoms with Gasteiger partial charge in [-0.25, -0.2) is 0 Å². The van der Waals surface area contributed by atoms with Gasteiger partial charge in [0, 0.05) is 24.9 Å². The van der Waals surface area contributed by atoms with Crippen molar-refractivity contribution in [3.8, 4) is 11.1 Å². The number of likely N-dealkylation sites (tertiary alicyclic amines) is 1. The summed E-state index contributed by atoms with van der Waals surface area (Å²) in [6.45, 7) is 7.01. The van der Waals surface area contributed by atoms with Gasteiger partial charge >= 0.3 is 5.97 Å². The molecule has 2 aromatic rings. The van der Waals surface area contributed by atoms with E-state index in [9.17, 15) is 9.59 Å². The minimum atomic E-state index is -0.364. The number of esters is 1. The molecule has 5 heteroatoms. The second kappa shape index (κ2) is 11.2. The molecule has 2 aromatic carbocycles. The van der Waals surface area contributed by atoms with Crippen LogP contribution in [0.4, 0.5) is 0 Å². The van der Waals surface area contributed by atoms with E-state index in [1.165, 1.54) is 73.5 Å². The second-order valence-corrected chi connectivity index (χ2v) is 13.3. The SMILES string of the molecule is COC(=O)CC(C(=O)N1CCCC1C1=NC=C(c2ccc(-c3ccc(C)c4c3CC3(CCCC3)C4)cc2)C1)C(C)C. The van der Waals surface area contributed by atoms with E-state index in [0.717, 1.165) is 31.5 Å². The third-order valence-corrected chi connectivity index (χ3v) is 10.4. The highest BCUT2D eigenvalue weighted by atomic mass is 16.5. The fourth-order valence-electron chi connectivity index (χ4n) is 7.97. The van der Waals surface area contributed by atoms with E-state index < -0.39 is 0 Å². The standard InChI is InChI=1S/C36H44N2O3/c1-23(2)29(19-34(39)41-4)35(40)38-17-7-8-33(38)32-18-27(22-37-32)25-10-12-26(13-11-25)28-14-9-24(3)30-20-36(21-31(28)30)15-5-6-16-36/h9-14,22-23,29,33H,5-8,15-21H2,1-4H3. The van der Waals surface area contributed by atoms with Crippen molar-refractivity contribution in [2.24, 2.45) is 22.2 Å². The van der Waals surface area contributed by atoms with Crippen LogP contribution in [0.3, 0.4) is 0 Å². The molecule has 5 nitrogen and oxygen atoms in total. The van der Waals surface area contributed by atoms with Crippen LogP contribution < -0.4 is 0 Å². The van der Waals surface area contributed by atoms with Crippen molar-refractivity contribution < 1.29 is 14.3 Å². The largest absolute Gasteiger partial charge is 0.469 e. The lowest BCUT2D eigenvalue weighted by Crippen LogP contribution is -2.45. The Kier molecular flexibility index (Phi) is 7.65. The summed E-state index contributed by atoms with van der Waals surface area (Å²) in [5.41, 5.74) is 11.3. The van der Waals surface area contributed by atoms with E-state index in [2.05, 4.69) is 43.3 Å². The third-order valence-electron chi connectivity index (χ3n) is 10.4. The van der Waals surface area contributed by atoms with Crippen molar-refractivity contribution in [3.05, 3.63) is 64.9 Å². The summed E-state index contributed by atoms with van der Waals surface area (Å²) in [4.78, 5) is 32.4. The number of ether oxygens (including phenoxy) is 1. The predicted molar refractivity (Wildman–Crippen MR) is 165 cm³/mol. The fraction of sp³-hybridized carbons (Fsp3) is 0.528. The van der Waals surface area contributed by atoms with Crippen LogP contribution in [-0.4, -0.2) is 42.2 Å². The van der Waals surface area contributed by atoms with E-state index in [1.54, 1.807) is 11.1 Å². The summed E-state index contributed by atoms with van der Waals surface area (Å²) >= 11 is 0. The number of hydrogen-bond acceptors (Lipinski definition) is 4. The van der Waals surface area contributed by atoms with Gasteiger partial charge in [-0.2, -0.15) is 0 Å². The Balaban J connectivity index is 1.15. The van der Waals surface area contributed by atoms with Crippen LogP contribution in [0.2, 0.25) is 0 Å². The van der Waals surface area contributed by atoms with E-state index in [4.69, 9.17) is 9.73 Å². The molecule has 0 bridgehead atoms. The molecule has 6 rings (SSSR count). The molecule has 2 aliphatic heterocycles. The lowest BCUT2D eigenvalue weighted by molar-refractivity contribution is -0.148. The molecule has 2 aliphatic carbocycles. The van der Waals surface area contributed by atoms with Crippen molar-refractivity contribution in [3.63, 3.8) is 0 Å². The molecule has 1 spiro atoms. The topological polar surface area (TPSA) is 59.0 Å². The number of aliphatic imine (C=N–C) groups is 1. The number of carbonyl (C=O) groups is 2. The van der Waals surface area contributed by atoms with E-state index in [1.807, 2.05) is 24.9 Å². The first-order chi connectivity index (χ1) is 19.8. The van der Waals surface area contributed by atoms with Crippen LogP contribution in [-0.2, 0) is 27.2 Å². The molecule has 2 unspecified atom stereocenters. The number of amides is 1. The molecule has 0 aromatic heterocycles. The Morgan fingerprint density at radius 3 is 2.41 bits per heavy atom. The highest BCUT2D eigenvalue weighted by Gasteiger charge is 2.41. The van der Waals surface area contributed by atoms with Crippen LogP contribution >= 0.6 is 0 Å². The van der Waals surface area contributed by atoms with Crippen LogP contribution in [0.5, 0.6) is 0 Å². The van der Waals surface area contributed by atoms with Crippen LogP contribution in [0.15, 0.2) is 47.6 Å². The van der Waals surface area contributed by atoms with Gasteiger partial charge < -0.3 is 9.64 Å². The minimum absolute atomic E-state index is 0.00692. The van der Waals surface area contributed by atoms with Crippen molar-refractivity contribution in [2.75, 3.05) is 13.7 Å². The Labute approximate surface area is 245 Å². The van der Waals surface area contributed by atoms with Gasteiger partial charge in [-0.15, -0.1) is 0 Å². The number of allylic oxidation sites excluding steroid dienone is 1. The van der Waals surface area contributed by atoms with Crippen LogP contribution in [0, 0.1) is 24.2 Å². The lowest BCUT2D eigenvalue weighted by atomic mass is 9.83. The van der Waals surface area contributed by atoms with Gasteiger partial charge in [-0.1, -0.05) is 63.1 Å². The van der Waals surface area contributed by atoms with Gasteiger partial charge in [0.15, 0.2) is 0 Å². The van der Waals surface area contributed by atoms with E-state index in [-0.39, 0.29) is 36.2 Å². The van der Waals surface area contributed by atoms with Crippen LogP contribution in [0.1, 0.15) is 87.5 Å². The molecule has 216 valence electrons. The van der Waals surface area contributed by atoms with Crippen molar-refractivity contribution >= 4 is 23.2 Å². The monoisotopic (exact) mass is 552 g/mol. The normalized spacial score (nSPS) is 21.8. The van der Waals surface area contributed by atoms with Gasteiger partial charge in [-0.3, -0.25) is 14.6 Å². The summed E-state index contributed by atoms with van der Waals surface area (Å²) in [6, 6.07) is 13.7. The lowest BCUT2D eigenvalue weighted by Gasteiger charge is -2.30. The molecule has 2 fully saturated rings. The number of methoxy groups -OCH3 is 1.